The summed E-state index contributed by atoms with van der Waals surface area (Å²) in [4.78, 5) is 25.8. The summed E-state index contributed by atoms with van der Waals surface area (Å²) in [5, 5.41) is 16.4. The van der Waals surface area contributed by atoms with Crippen LogP contribution in [0.3, 0.4) is 0 Å². The van der Waals surface area contributed by atoms with Gasteiger partial charge in [-0.25, -0.2) is 0 Å². The zero-order valence-electron chi connectivity index (χ0n) is 15.1. The van der Waals surface area contributed by atoms with Crippen molar-refractivity contribution in [3.8, 4) is 0 Å². The zero-order valence-corrected chi connectivity index (χ0v) is 15.1. The molecule has 1 aromatic rings. The van der Waals surface area contributed by atoms with Crippen LogP contribution in [0.5, 0.6) is 0 Å². The molecule has 25 heavy (non-hydrogen) atoms. The third-order valence-corrected chi connectivity index (χ3v) is 5.35. The highest BCUT2D eigenvalue weighted by molar-refractivity contribution is 5.92. The summed E-state index contributed by atoms with van der Waals surface area (Å²) >= 11 is 0. The Balaban J connectivity index is 1.59. The molecule has 0 saturated carbocycles. The Kier molecular flexibility index (Phi) is 4.86. The number of carbonyl (C=O) groups is 2. The SMILES string of the molecule is CC(C)(C)c1cc(C(=O)N2CCC([C@@H]3OCCC3C(=O)O)CC2)n[nH]1. The molecule has 1 aromatic heterocycles. The summed E-state index contributed by atoms with van der Waals surface area (Å²) in [6, 6.07) is 1.83. The number of carboxylic acids is 1. The van der Waals surface area contributed by atoms with Crippen LogP contribution in [0, 0.1) is 11.8 Å². The maximum Gasteiger partial charge on any atom is 0.309 e. The fourth-order valence-electron chi connectivity index (χ4n) is 3.75. The molecule has 2 atom stereocenters. The Morgan fingerprint density at radius 2 is 1.96 bits per heavy atom. The largest absolute Gasteiger partial charge is 0.481 e. The van der Waals surface area contributed by atoms with E-state index in [0.29, 0.717) is 31.8 Å². The van der Waals surface area contributed by atoms with Crippen molar-refractivity contribution in [2.24, 2.45) is 11.8 Å². The highest BCUT2D eigenvalue weighted by Crippen LogP contribution is 2.33. The lowest BCUT2D eigenvalue weighted by atomic mass is 9.84. The number of aromatic amines is 1. The number of hydrogen-bond donors (Lipinski definition) is 2. The summed E-state index contributed by atoms with van der Waals surface area (Å²) < 4.78 is 5.69. The average Bonchev–Trinajstić information content (AvgIpc) is 3.23. The molecule has 2 saturated heterocycles. The van der Waals surface area contributed by atoms with Gasteiger partial charge < -0.3 is 14.7 Å². The number of nitrogens with zero attached hydrogens (tertiary/aromatic N) is 2. The Morgan fingerprint density at radius 3 is 2.52 bits per heavy atom. The van der Waals surface area contributed by atoms with Gasteiger partial charge in [-0.2, -0.15) is 5.10 Å². The molecule has 3 heterocycles. The van der Waals surface area contributed by atoms with Gasteiger partial charge in [0.25, 0.3) is 5.91 Å². The van der Waals surface area contributed by atoms with Gasteiger partial charge >= 0.3 is 5.97 Å². The smallest absolute Gasteiger partial charge is 0.309 e. The van der Waals surface area contributed by atoms with E-state index in [9.17, 15) is 14.7 Å². The Morgan fingerprint density at radius 1 is 1.28 bits per heavy atom. The zero-order chi connectivity index (χ0) is 18.2. The quantitative estimate of drug-likeness (QED) is 0.871. The first-order chi connectivity index (χ1) is 11.8. The molecule has 1 amide bonds. The Labute approximate surface area is 147 Å². The molecule has 0 radical (unpaired) electrons. The summed E-state index contributed by atoms with van der Waals surface area (Å²) in [6.07, 6.45) is 1.92. The van der Waals surface area contributed by atoms with Crippen LogP contribution in [0.15, 0.2) is 6.07 Å². The van der Waals surface area contributed by atoms with E-state index in [1.807, 2.05) is 11.0 Å². The molecule has 7 heteroatoms. The van der Waals surface area contributed by atoms with Crippen molar-refractivity contribution in [2.45, 2.75) is 51.6 Å². The highest BCUT2D eigenvalue weighted by atomic mass is 16.5. The first kappa shape index (κ1) is 17.9. The molecule has 2 aliphatic rings. The van der Waals surface area contributed by atoms with Gasteiger partial charge in [0.05, 0.1) is 12.0 Å². The molecule has 138 valence electrons. The van der Waals surface area contributed by atoms with Crippen molar-refractivity contribution < 1.29 is 19.4 Å². The normalized spacial score (nSPS) is 25.3. The van der Waals surface area contributed by atoms with E-state index < -0.39 is 11.9 Å². The molecule has 0 bridgehead atoms. The average molecular weight is 349 g/mol. The summed E-state index contributed by atoms with van der Waals surface area (Å²) in [5.74, 6) is -1.04. The second kappa shape index (κ2) is 6.78. The maximum atomic E-state index is 12.7. The van der Waals surface area contributed by atoms with Crippen LogP contribution in [0.4, 0.5) is 0 Å². The number of aromatic nitrogens is 2. The van der Waals surface area contributed by atoms with Crippen molar-refractivity contribution in [3.63, 3.8) is 0 Å². The van der Waals surface area contributed by atoms with Gasteiger partial charge in [0.15, 0.2) is 0 Å². The molecule has 7 nitrogen and oxygen atoms in total. The number of carboxylic acid groups (broad SMARTS) is 1. The number of hydrogen-bond acceptors (Lipinski definition) is 4. The number of rotatable bonds is 3. The Bertz CT molecular complexity index is 641. The Hall–Kier alpha value is -1.89. The standard InChI is InChI=1S/C18H27N3O4/c1-18(2,3)14-10-13(19-20-14)16(22)21-7-4-11(5-8-21)15-12(17(23)24)6-9-25-15/h10-12,15H,4-9H2,1-3H3,(H,19,20)(H,23,24)/t12?,15-/m0/s1. The number of carbonyl (C=O) groups excluding carboxylic acids is 1. The number of aliphatic carboxylic acids is 1. The van der Waals surface area contributed by atoms with Crippen LogP contribution in [0.1, 0.15) is 56.2 Å². The number of amides is 1. The molecule has 3 rings (SSSR count). The van der Waals surface area contributed by atoms with Gasteiger partial charge in [-0.3, -0.25) is 14.7 Å². The van der Waals surface area contributed by atoms with Gasteiger partial charge in [-0.15, -0.1) is 0 Å². The van der Waals surface area contributed by atoms with E-state index in [2.05, 4.69) is 31.0 Å². The van der Waals surface area contributed by atoms with E-state index >= 15 is 0 Å². The predicted octanol–water partition coefficient (Wildman–Crippen LogP) is 2.05. The molecule has 0 aliphatic carbocycles. The van der Waals surface area contributed by atoms with Crippen LogP contribution >= 0.6 is 0 Å². The fraction of sp³-hybridized carbons (Fsp3) is 0.722. The van der Waals surface area contributed by atoms with Gasteiger partial charge in [-0.05, 0) is 31.2 Å². The lowest BCUT2D eigenvalue weighted by Gasteiger charge is -2.35. The minimum Gasteiger partial charge on any atom is -0.481 e. The van der Waals surface area contributed by atoms with Crippen LogP contribution in [0.2, 0.25) is 0 Å². The summed E-state index contributed by atoms with van der Waals surface area (Å²) in [5.41, 5.74) is 1.31. The van der Waals surface area contributed by atoms with E-state index in [1.165, 1.54) is 0 Å². The minimum absolute atomic E-state index is 0.0627. The van der Waals surface area contributed by atoms with Crippen molar-refractivity contribution >= 4 is 11.9 Å². The van der Waals surface area contributed by atoms with Crippen LogP contribution in [-0.2, 0) is 14.9 Å². The topological polar surface area (TPSA) is 95.5 Å². The number of likely N-dealkylation sites (tertiary alicyclic amines) is 1. The predicted molar refractivity (Wildman–Crippen MR) is 91.4 cm³/mol. The first-order valence-electron chi connectivity index (χ1n) is 8.97. The van der Waals surface area contributed by atoms with Crippen LogP contribution in [-0.4, -0.2) is 57.9 Å². The summed E-state index contributed by atoms with van der Waals surface area (Å²) in [6.45, 7) is 7.96. The van der Waals surface area contributed by atoms with E-state index in [0.717, 1.165) is 18.5 Å². The van der Waals surface area contributed by atoms with Crippen molar-refractivity contribution in [1.29, 1.82) is 0 Å². The van der Waals surface area contributed by atoms with Crippen molar-refractivity contribution in [3.05, 3.63) is 17.5 Å². The van der Waals surface area contributed by atoms with Crippen molar-refractivity contribution in [2.75, 3.05) is 19.7 Å². The van der Waals surface area contributed by atoms with E-state index in [4.69, 9.17) is 4.74 Å². The first-order valence-corrected chi connectivity index (χ1v) is 8.97. The molecule has 2 N–H and O–H groups in total. The van der Waals surface area contributed by atoms with Gasteiger partial charge in [-0.1, -0.05) is 20.8 Å². The second-order valence-electron chi connectivity index (χ2n) is 8.12. The monoisotopic (exact) mass is 349 g/mol. The maximum absolute atomic E-state index is 12.7. The van der Waals surface area contributed by atoms with E-state index in [1.54, 1.807) is 0 Å². The molecular weight excluding hydrogens is 322 g/mol. The number of H-pyrrole nitrogens is 1. The lowest BCUT2D eigenvalue weighted by Crippen LogP contribution is -2.43. The molecule has 2 fully saturated rings. The van der Waals surface area contributed by atoms with Crippen molar-refractivity contribution in [1.82, 2.24) is 15.1 Å². The van der Waals surface area contributed by atoms with Gasteiger partial charge in [0.2, 0.25) is 0 Å². The lowest BCUT2D eigenvalue weighted by molar-refractivity contribution is -0.145. The number of nitrogens with one attached hydrogen (secondary N) is 1. The third-order valence-electron chi connectivity index (χ3n) is 5.35. The highest BCUT2D eigenvalue weighted by Gasteiger charge is 2.41. The molecule has 0 spiro atoms. The van der Waals surface area contributed by atoms with Crippen LogP contribution < -0.4 is 0 Å². The molecular formula is C18H27N3O4. The fourth-order valence-corrected chi connectivity index (χ4v) is 3.75. The molecule has 2 aliphatic heterocycles. The van der Waals surface area contributed by atoms with Gasteiger partial charge in [0, 0.05) is 30.8 Å². The minimum atomic E-state index is -0.771. The number of ether oxygens (including phenoxy) is 1. The number of piperidine rings is 1. The second-order valence-corrected chi connectivity index (χ2v) is 8.12. The molecule has 1 unspecified atom stereocenters. The van der Waals surface area contributed by atoms with Crippen LogP contribution in [0.25, 0.3) is 0 Å². The molecule has 0 aromatic carbocycles. The third kappa shape index (κ3) is 3.71. The van der Waals surface area contributed by atoms with Gasteiger partial charge in [0.1, 0.15) is 5.69 Å². The summed E-state index contributed by atoms with van der Waals surface area (Å²) in [7, 11) is 0. The van der Waals surface area contributed by atoms with E-state index in [-0.39, 0.29) is 23.3 Å².